The number of hydrogen-bond donors (Lipinski definition) is 2. The van der Waals surface area contributed by atoms with Gasteiger partial charge in [-0.1, -0.05) is 56.3 Å². The Kier molecular flexibility index (Phi) is 11.2. The lowest BCUT2D eigenvalue weighted by atomic mass is 10.0. The molecule has 192 valence electrons. The van der Waals surface area contributed by atoms with Crippen molar-refractivity contribution in [1.82, 2.24) is 15.0 Å². The highest BCUT2D eigenvalue weighted by atomic mass is 31.0. The molecule has 2 unspecified atom stereocenters. The molecular weight excluding hydrogens is 467 g/mol. The number of allylic oxidation sites excluding steroid dienone is 1. The minimum absolute atomic E-state index is 0.0511. The predicted octanol–water partition coefficient (Wildman–Crippen LogP) is 4.09. The van der Waals surface area contributed by atoms with Crippen LogP contribution in [-0.4, -0.2) is 48.5 Å². The lowest BCUT2D eigenvalue weighted by Crippen LogP contribution is -2.39. The summed E-state index contributed by atoms with van der Waals surface area (Å²) in [4.78, 5) is 18.5. The van der Waals surface area contributed by atoms with Crippen molar-refractivity contribution in [2.45, 2.75) is 39.2 Å². The van der Waals surface area contributed by atoms with Gasteiger partial charge in [0.1, 0.15) is 0 Å². The third-order valence-electron chi connectivity index (χ3n) is 5.33. The first-order valence-corrected chi connectivity index (χ1v) is 12.7. The maximum Gasteiger partial charge on any atom is 0.228 e. The van der Waals surface area contributed by atoms with Crippen LogP contribution in [0.2, 0.25) is 0 Å². The number of hydrogen-bond acceptors (Lipinski definition) is 5. The number of nitrogens with one attached hydrogen (secondary N) is 1. The second kappa shape index (κ2) is 13.8. The first-order chi connectivity index (χ1) is 17.3. The van der Waals surface area contributed by atoms with Crippen LogP contribution >= 0.6 is 9.24 Å². The Morgan fingerprint density at radius 3 is 2.44 bits per heavy atom. The van der Waals surface area contributed by atoms with Gasteiger partial charge < -0.3 is 16.0 Å². The predicted molar refractivity (Wildman–Crippen MR) is 157 cm³/mol. The van der Waals surface area contributed by atoms with Gasteiger partial charge >= 0.3 is 0 Å². The van der Waals surface area contributed by atoms with E-state index in [2.05, 4.69) is 55.6 Å². The summed E-state index contributed by atoms with van der Waals surface area (Å²) in [7, 11) is 6.46. The normalized spacial score (nSPS) is 16.9. The van der Waals surface area contributed by atoms with Crippen LogP contribution < -0.4 is 21.3 Å². The summed E-state index contributed by atoms with van der Waals surface area (Å²) in [5, 5.41) is 8.06. The van der Waals surface area contributed by atoms with Gasteiger partial charge in [0.05, 0.1) is 11.9 Å². The molecule has 0 bridgehead atoms. The molecule has 2 atom stereocenters. The number of aromatic nitrogens is 2. The summed E-state index contributed by atoms with van der Waals surface area (Å²) in [5.74, 6) is 0.764. The second-order valence-corrected chi connectivity index (χ2v) is 9.33. The highest BCUT2D eigenvalue weighted by molar-refractivity contribution is 7.27. The third-order valence-corrected chi connectivity index (χ3v) is 5.69. The molecule has 1 fully saturated rings. The molecule has 2 heterocycles. The van der Waals surface area contributed by atoms with E-state index in [-0.39, 0.29) is 5.91 Å². The van der Waals surface area contributed by atoms with E-state index in [1.807, 2.05) is 71.3 Å². The van der Waals surface area contributed by atoms with E-state index in [1.54, 1.807) is 15.8 Å². The molecule has 7 nitrogen and oxygen atoms in total. The van der Waals surface area contributed by atoms with Gasteiger partial charge in [-0.25, -0.2) is 9.66 Å². The fraction of sp³-hybridized carbons (Fsp3) is 0.321. The molecule has 0 spiro atoms. The largest absolute Gasteiger partial charge is 0.323 e. The van der Waals surface area contributed by atoms with E-state index in [9.17, 15) is 4.79 Å². The smallest absolute Gasteiger partial charge is 0.228 e. The number of anilines is 1. The van der Waals surface area contributed by atoms with Crippen molar-refractivity contribution in [3.8, 4) is 11.3 Å². The number of benzene rings is 2. The van der Waals surface area contributed by atoms with Crippen molar-refractivity contribution >= 4 is 38.9 Å². The van der Waals surface area contributed by atoms with Crippen molar-refractivity contribution in [3.63, 3.8) is 0 Å². The molecule has 36 heavy (non-hydrogen) atoms. The van der Waals surface area contributed by atoms with Gasteiger partial charge in [-0.05, 0) is 56.5 Å². The molecular formula is C28H39N6OP. The Hall–Kier alpha value is -3.12. The monoisotopic (exact) mass is 506 g/mol. The van der Waals surface area contributed by atoms with Gasteiger partial charge in [0, 0.05) is 36.5 Å². The van der Waals surface area contributed by atoms with Gasteiger partial charge in [0.25, 0.3) is 0 Å². The second-order valence-electron chi connectivity index (χ2n) is 8.66. The maximum absolute atomic E-state index is 12.3. The summed E-state index contributed by atoms with van der Waals surface area (Å²) in [5.41, 5.74) is 9.51. The van der Waals surface area contributed by atoms with Crippen LogP contribution in [0, 0.1) is 0 Å². The van der Waals surface area contributed by atoms with Gasteiger partial charge in [0.15, 0.2) is 5.82 Å². The van der Waals surface area contributed by atoms with E-state index in [1.165, 1.54) is 5.56 Å². The number of rotatable bonds is 6. The number of amides is 1. The molecule has 1 aromatic heterocycles. The van der Waals surface area contributed by atoms with Gasteiger partial charge in [-0.2, -0.15) is 5.10 Å². The van der Waals surface area contributed by atoms with E-state index in [4.69, 9.17) is 5.73 Å². The summed E-state index contributed by atoms with van der Waals surface area (Å²) in [6, 6.07) is 16.1. The van der Waals surface area contributed by atoms with Gasteiger partial charge in [-0.3, -0.25) is 4.79 Å². The Morgan fingerprint density at radius 1 is 1.22 bits per heavy atom. The van der Waals surface area contributed by atoms with Crippen molar-refractivity contribution in [2.75, 3.05) is 25.5 Å². The highest BCUT2D eigenvalue weighted by Crippen LogP contribution is 2.29. The number of nitrogens with zero attached hydrogens (tertiary/aromatic N) is 4. The number of carbonyl (C=O) groups excluding carboxylic acids is 1. The zero-order valence-corrected chi connectivity index (χ0v) is 23.2. The topological polar surface area (TPSA) is 88.5 Å². The zero-order valence-electron chi connectivity index (χ0n) is 22.0. The molecule has 1 aliphatic rings. The maximum atomic E-state index is 12.3. The Labute approximate surface area is 217 Å². The minimum atomic E-state index is -0.486. The van der Waals surface area contributed by atoms with E-state index >= 15 is 0 Å². The quantitative estimate of drug-likeness (QED) is 0.389. The highest BCUT2D eigenvalue weighted by Gasteiger charge is 2.36. The summed E-state index contributed by atoms with van der Waals surface area (Å²) < 4.78 is 1.72. The molecule has 0 radical (unpaired) electrons. The molecule has 4 rings (SSSR count). The minimum Gasteiger partial charge on any atom is -0.323 e. The van der Waals surface area contributed by atoms with Crippen LogP contribution in [-0.2, 0) is 11.2 Å². The third kappa shape index (κ3) is 7.69. The molecule has 8 heteroatoms. The van der Waals surface area contributed by atoms with Crippen LogP contribution in [0.4, 0.5) is 5.69 Å². The molecule has 2 aromatic carbocycles. The first kappa shape index (κ1) is 29.1. The average molecular weight is 507 g/mol. The summed E-state index contributed by atoms with van der Waals surface area (Å²) in [6.45, 7) is 10.1. The molecule has 1 saturated heterocycles. The molecule has 1 aliphatic heterocycles. The number of imidazole rings is 1. The van der Waals surface area contributed by atoms with Crippen LogP contribution in [0.3, 0.4) is 0 Å². The van der Waals surface area contributed by atoms with Crippen LogP contribution in [0.5, 0.6) is 0 Å². The van der Waals surface area contributed by atoms with E-state index in [0.29, 0.717) is 18.8 Å². The Balaban J connectivity index is 0.000000850. The van der Waals surface area contributed by atoms with E-state index in [0.717, 1.165) is 28.7 Å². The van der Waals surface area contributed by atoms with E-state index < -0.39 is 5.54 Å². The van der Waals surface area contributed by atoms with Crippen LogP contribution in [0.25, 0.3) is 17.3 Å². The van der Waals surface area contributed by atoms with Crippen molar-refractivity contribution in [3.05, 3.63) is 72.2 Å². The summed E-state index contributed by atoms with van der Waals surface area (Å²) in [6.07, 6.45) is 6.97. The number of nitrogens with two attached hydrogens (primary N) is 1. The summed E-state index contributed by atoms with van der Waals surface area (Å²) >= 11 is 0. The van der Waals surface area contributed by atoms with Crippen molar-refractivity contribution in [1.29, 1.82) is 0 Å². The van der Waals surface area contributed by atoms with Crippen LogP contribution in [0.15, 0.2) is 65.9 Å². The fourth-order valence-corrected chi connectivity index (χ4v) is 4.16. The molecule has 1 amide bonds. The van der Waals surface area contributed by atoms with Crippen molar-refractivity contribution < 1.29 is 4.79 Å². The Bertz CT molecular complexity index is 1170. The zero-order chi connectivity index (χ0) is 26.7. The lowest BCUT2D eigenvalue weighted by Gasteiger charge is -2.20. The molecule has 0 saturated carbocycles. The van der Waals surface area contributed by atoms with Crippen LogP contribution in [0.1, 0.15) is 38.6 Å². The SMILES string of the molecule is C=Nn1c(-c2ccc(N3CC(C)(N)CC3=O)cc2)cnc1/C=C\Cc1cccc(P)c1.CC.CNC. The molecule has 0 aliphatic carbocycles. The van der Waals surface area contributed by atoms with Gasteiger partial charge in [-0.15, -0.1) is 9.24 Å². The lowest BCUT2D eigenvalue weighted by molar-refractivity contribution is -0.117. The number of carbonyl (C=O) groups is 1. The van der Waals surface area contributed by atoms with Crippen molar-refractivity contribution in [2.24, 2.45) is 10.8 Å². The Morgan fingerprint density at radius 2 is 1.89 bits per heavy atom. The first-order valence-electron chi connectivity index (χ1n) is 12.1. The molecule has 3 N–H and O–H groups in total. The fourth-order valence-electron chi connectivity index (χ4n) is 3.83. The average Bonchev–Trinajstić information content (AvgIpc) is 3.39. The molecule has 3 aromatic rings. The van der Waals surface area contributed by atoms with Gasteiger partial charge in [0.2, 0.25) is 5.91 Å². The standard InChI is InChI=1S/C24H26N5OP.C2H7N.C2H6/c1-24(25)14-23(30)28(16-24)19-11-9-18(10-12-19)21-15-27-22(29(21)26-2)8-4-6-17-5-3-7-20(31)13-17;1-3-2;1-2/h3-5,7-13,15H,2,6,14,16,25,31H2,1H3;3H,1-2H3;1-2H3/b8-4-;;.